The van der Waals surface area contributed by atoms with Crippen molar-refractivity contribution in [2.45, 2.75) is 58.3 Å². The van der Waals surface area contributed by atoms with Crippen molar-refractivity contribution in [1.29, 1.82) is 0 Å². The van der Waals surface area contributed by atoms with Gasteiger partial charge in [0.25, 0.3) is 0 Å². The zero-order chi connectivity index (χ0) is 15.5. The van der Waals surface area contributed by atoms with Crippen LogP contribution in [0.15, 0.2) is 0 Å². The summed E-state index contributed by atoms with van der Waals surface area (Å²) in [6.45, 7) is 4.45. The van der Waals surface area contributed by atoms with Gasteiger partial charge in [-0.05, 0) is 68.7 Å². The van der Waals surface area contributed by atoms with Gasteiger partial charge in [0.05, 0.1) is 6.26 Å². The second-order valence-electron chi connectivity index (χ2n) is 7.39. The third-order valence-corrected chi connectivity index (χ3v) is 7.12. The predicted octanol–water partition coefficient (Wildman–Crippen LogP) is 2.59. The summed E-state index contributed by atoms with van der Waals surface area (Å²) >= 11 is 0. The molecule has 0 bridgehead atoms. The second-order valence-corrected chi connectivity index (χ2v) is 9.37. The number of piperidine rings is 1. The first-order valence-electron chi connectivity index (χ1n) is 8.54. The van der Waals surface area contributed by atoms with Crippen molar-refractivity contribution in [3.8, 4) is 0 Å². The van der Waals surface area contributed by atoms with Crippen LogP contribution in [0.25, 0.3) is 0 Å². The van der Waals surface area contributed by atoms with Crippen LogP contribution < -0.4 is 5.73 Å². The molecule has 2 rings (SSSR count). The number of nitrogens with zero attached hydrogens (tertiary/aromatic N) is 1. The molecule has 21 heavy (non-hydrogen) atoms. The highest BCUT2D eigenvalue weighted by molar-refractivity contribution is 7.88. The Morgan fingerprint density at radius 2 is 1.86 bits per heavy atom. The molecule has 0 aromatic carbocycles. The van der Waals surface area contributed by atoms with Gasteiger partial charge in [0.15, 0.2) is 0 Å². The molecule has 1 saturated carbocycles. The van der Waals surface area contributed by atoms with Gasteiger partial charge in [-0.1, -0.05) is 13.3 Å². The highest BCUT2D eigenvalue weighted by Crippen LogP contribution is 2.44. The molecule has 0 aromatic heterocycles. The molecule has 0 amide bonds. The molecule has 1 saturated heterocycles. The van der Waals surface area contributed by atoms with Gasteiger partial charge < -0.3 is 5.73 Å². The van der Waals surface area contributed by atoms with E-state index in [1.807, 2.05) is 0 Å². The summed E-state index contributed by atoms with van der Waals surface area (Å²) in [5, 5.41) is 0. The molecule has 1 unspecified atom stereocenters. The first-order chi connectivity index (χ1) is 9.88. The molecular formula is C16H32N2O2S. The van der Waals surface area contributed by atoms with E-state index >= 15 is 0 Å². The molecular weight excluding hydrogens is 284 g/mol. The third-order valence-electron chi connectivity index (χ3n) is 5.85. The molecule has 1 aliphatic heterocycles. The fraction of sp³-hybridized carbons (Fsp3) is 1.00. The van der Waals surface area contributed by atoms with Crippen LogP contribution in [0.2, 0.25) is 0 Å². The van der Waals surface area contributed by atoms with Gasteiger partial charge in [0.2, 0.25) is 10.0 Å². The summed E-state index contributed by atoms with van der Waals surface area (Å²) < 4.78 is 25.2. The van der Waals surface area contributed by atoms with E-state index in [0.29, 0.717) is 19.0 Å². The summed E-state index contributed by atoms with van der Waals surface area (Å²) in [4.78, 5) is 0. The van der Waals surface area contributed by atoms with E-state index in [9.17, 15) is 8.42 Å². The standard InChI is InChI=1S/C16H32N2O2S/c1-3-14-6-8-16(13-17,9-7-14)11-15-5-4-10-18(12-15)21(2,19)20/h14-15H,3-13,17H2,1-2H3. The molecule has 2 fully saturated rings. The lowest BCUT2D eigenvalue weighted by atomic mass is 9.65. The van der Waals surface area contributed by atoms with Gasteiger partial charge in [0, 0.05) is 13.1 Å². The Balaban J connectivity index is 1.96. The molecule has 1 heterocycles. The van der Waals surface area contributed by atoms with Crippen molar-refractivity contribution in [2.75, 3.05) is 25.9 Å². The Hall–Kier alpha value is -0.130. The number of rotatable bonds is 5. The summed E-state index contributed by atoms with van der Waals surface area (Å²) in [5.41, 5.74) is 6.41. The van der Waals surface area contributed by atoms with Crippen LogP contribution in [0.3, 0.4) is 0 Å². The molecule has 0 radical (unpaired) electrons. The lowest BCUT2D eigenvalue weighted by Crippen LogP contribution is -2.43. The molecule has 0 spiro atoms. The zero-order valence-corrected chi connectivity index (χ0v) is 14.5. The number of sulfonamides is 1. The van der Waals surface area contributed by atoms with Crippen molar-refractivity contribution in [3.05, 3.63) is 0 Å². The first kappa shape index (κ1) is 17.2. The van der Waals surface area contributed by atoms with Crippen molar-refractivity contribution in [3.63, 3.8) is 0 Å². The van der Waals surface area contributed by atoms with Crippen molar-refractivity contribution < 1.29 is 8.42 Å². The molecule has 2 aliphatic rings. The smallest absolute Gasteiger partial charge is 0.211 e. The average Bonchev–Trinajstić information content (AvgIpc) is 2.47. The molecule has 124 valence electrons. The summed E-state index contributed by atoms with van der Waals surface area (Å²) in [7, 11) is -3.04. The lowest BCUT2D eigenvalue weighted by molar-refractivity contribution is 0.0997. The number of hydrogen-bond donors (Lipinski definition) is 1. The van der Waals surface area contributed by atoms with E-state index in [4.69, 9.17) is 5.73 Å². The summed E-state index contributed by atoms with van der Waals surface area (Å²) in [6.07, 6.45) is 11.0. The van der Waals surface area contributed by atoms with Crippen molar-refractivity contribution in [1.82, 2.24) is 4.31 Å². The third kappa shape index (κ3) is 4.42. The first-order valence-corrected chi connectivity index (χ1v) is 10.4. The molecule has 1 aliphatic carbocycles. The summed E-state index contributed by atoms with van der Waals surface area (Å²) in [5.74, 6) is 1.37. The Morgan fingerprint density at radius 1 is 1.19 bits per heavy atom. The van der Waals surface area contributed by atoms with E-state index in [1.165, 1.54) is 38.4 Å². The maximum Gasteiger partial charge on any atom is 0.211 e. The maximum atomic E-state index is 11.8. The van der Waals surface area contributed by atoms with E-state index in [-0.39, 0.29) is 5.41 Å². The SMILES string of the molecule is CCC1CCC(CN)(CC2CCCN(S(C)(=O)=O)C2)CC1. The molecule has 4 nitrogen and oxygen atoms in total. The largest absolute Gasteiger partial charge is 0.330 e. The normalized spacial score (nSPS) is 35.8. The van der Waals surface area contributed by atoms with Crippen LogP contribution in [0, 0.1) is 17.3 Å². The van der Waals surface area contributed by atoms with E-state index in [0.717, 1.165) is 31.7 Å². The Morgan fingerprint density at radius 3 is 2.38 bits per heavy atom. The zero-order valence-electron chi connectivity index (χ0n) is 13.7. The molecule has 1 atom stereocenters. The van der Waals surface area contributed by atoms with Crippen molar-refractivity contribution >= 4 is 10.0 Å². The fourth-order valence-corrected chi connectivity index (χ4v) is 5.24. The monoisotopic (exact) mass is 316 g/mol. The van der Waals surface area contributed by atoms with E-state index in [1.54, 1.807) is 4.31 Å². The minimum absolute atomic E-state index is 0.275. The lowest BCUT2D eigenvalue weighted by Gasteiger charge is -2.43. The number of hydrogen-bond acceptors (Lipinski definition) is 3. The topological polar surface area (TPSA) is 63.4 Å². The second kappa shape index (κ2) is 6.97. The maximum absolute atomic E-state index is 11.8. The Bertz CT molecular complexity index is 428. The average molecular weight is 317 g/mol. The van der Waals surface area contributed by atoms with Crippen LogP contribution in [-0.2, 0) is 10.0 Å². The van der Waals surface area contributed by atoms with Gasteiger partial charge in [-0.25, -0.2) is 12.7 Å². The van der Waals surface area contributed by atoms with Crippen LogP contribution in [-0.4, -0.2) is 38.6 Å². The molecule has 5 heteroatoms. The van der Waals surface area contributed by atoms with Crippen molar-refractivity contribution in [2.24, 2.45) is 23.0 Å². The minimum Gasteiger partial charge on any atom is -0.330 e. The van der Waals surface area contributed by atoms with Gasteiger partial charge in [-0.15, -0.1) is 0 Å². The molecule has 0 aromatic rings. The van der Waals surface area contributed by atoms with Gasteiger partial charge >= 0.3 is 0 Å². The van der Waals surface area contributed by atoms with Crippen LogP contribution in [0.4, 0.5) is 0 Å². The van der Waals surface area contributed by atoms with Crippen LogP contribution in [0.5, 0.6) is 0 Å². The Labute approximate surface area is 130 Å². The predicted molar refractivity (Wildman–Crippen MR) is 87.5 cm³/mol. The van der Waals surface area contributed by atoms with Crippen LogP contribution in [0.1, 0.15) is 58.3 Å². The minimum atomic E-state index is -3.04. The Kier molecular flexibility index (Phi) is 5.71. The van der Waals surface area contributed by atoms with E-state index in [2.05, 4.69) is 6.92 Å². The van der Waals surface area contributed by atoms with Crippen LogP contribution >= 0.6 is 0 Å². The van der Waals surface area contributed by atoms with Gasteiger partial charge in [-0.3, -0.25) is 0 Å². The van der Waals surface area contributed by atoms with Gasteiger partial charge in [-0.2, -0.15) is 0 Å². The molecule has 2 N–H and O–H groups in total. The number of nitrogens with two attached hydrogens (primary N) is 1. The fourth-order valence-electron chi connectivity index (χ4n) is 4.30. The summed E-state index contributed by atoms with van der Waals surface area (Å²) in [6, 6.07) is 0. The van der Waals surface area contributed by atoms with E-state index < -0.39 is 10.0 Å². The highest BCUT2D eigenvalue weighted by atomic mass is 32.2. The highest BCUT2D eigenvalue weighted by Gasteiger charge is 2.37. The quantitative estimate of drug-likeness (QED) is 0.848. The van der Waals surface area contributed by atoms with Gasteiger partial charge in [0.1, 0.15) is 0 Å².